The van der Waals surface area contributed by atoms with Gasteiger partial charge in [-0.15, -0.1) is 23.2 Å². The van der Waals surface area contributed by atoms with E-state index < -0.39 is 12.0 Å². The lowest BCUT2D eigenvalue weighted by Crippen LogP contribution is -2.45. The molecule has 0 saturated heterocycles. The van der Waals surface area contributed by atoms with Crippen LogP contribution in [-0.2, 0) is 27.2 Å². The minimum absolute atomic E-state index is 0.209. The van der Waals surface area contributed by atoms with E-state index in [2.05, 4.69) is 10.2 Å². The van der Waals surface area contributed by atoms with Gasteiger partial charge < -0.3 is 15.0 Å². The highest BCUT2D eigenvalue weighted by molar-refractivity contribution is 6.18. The number of hydrogen-bond acceptors (Lipinski definition) is 4. The predicted octanol–water partition coefficient (Wildman–Crippen LogP) is 4.58. The molecule has 0 fully saturated rings. The van der Waals surface area contributed by atoms with Gasteiger partial charge in [-0.2, -0.15) is 0 Å². The van der Waals surface area contributed by atoms with Gasteiger partial charge in [-0.3, -0.25) is 4.79 Å². The molecular formula is C25H31Cl2FN2O3. The number of benzene rings is 2. The van der Waals surface area contributed by atoms with E-state index in [1.807, 2.05) is 31.2 Å². The zero-order valence-corrected chi connectivity index (χ0v) is 20.5. The smallest absolute Gasteiger partial charge is 0.328 e. The van der Waals surface area contributed by atoms with Crippen LogP contribution in [0, 0.1) is 11.7 Å². The highest BCUT2D eigenvalue weighted by atomic mass is 35.5. The monoisotopic (exact) mass is 496 g/mol. The Morgan fingerprint density at radius 3 is 2.06 bits per heavy atom. The first-order valence-electron chi connectivity index (χ1n) is 11.0. The summed E-state index contributed by atoms with van der Waals surface area (Å²) in [4.78, 5) is 27.4. The molecule has 0 radical (unpaired) electrons. The number of nitrogens with one attached hydrogen (secondary N) is 1. The average Bonchev–Trinajstić information content (AvgIpc) is 2.80. The minimum atomic E-state index is -0.840. The van der Waals surface area contributed by atoms with Gasteiger partial charge in [-0.05, 0) is 48.7 Å². The predicted molar refractivity (Wildman–Crippen MR) is 132 cm³/mol. The van der Waals surface area contributed by atoms with Crippen LogP contribution in [-0.4, -0.2) is 49.4 Å². The highest BCUT2D eigenvalue weighted by Crippen LogP contribution is 2.18. The van der Waals surface area contributed by atoms with Crippen molar-refractivity contribution in [1.29, 1.82) is 0 Å². The molecule has 0 spiro atoms. The van der Waals surface area contributed by atoms with Crippen LogP contribution in [0.15, 0.2) is 48.5 Å². The molecule has 0 aliphatic rings. The van der Waals surface area contributed by atoms with E-state index >= 15 is 0 Å². The van der Waals surface area contributed by atoms with Crippen LogP contribution >= 0.6 is 23.2 Å². The standard InChI is InChI=1S/C25H31Cl2FN2O3/c1-3-33-25(32)23(17-20-4-8-21(28)9-5-20)29-24(31)18(2)16-19-6-10-22(11-7-19)30(14-12-26)15-13-27/h4-11,18,23H,3,12-17H2,1-2H3,(H,29,31)/t18-,23-/m0/s1. The first kappa shape index (κ1) is 26.9. The van der Waals surface area contributed by atoms with Gasteiger partial charge in [0.05, 0.1) is 6.61 Å². The van der Waals surface area contributed by atoms with E-state index in [9.17, 15) is 14.0 Å². The van der Waals surface area contributed by atoms with Gasteiger partial charge >= 0.3 is 5.97 Å². The molecule has 0 aliphatic carbocycles. The highest BCUT2D eigenvalue weighted by Gasteiger charge is 2.25. The summed E-state index contributed by atoms with van der Waals surface area (Å²) in [7, 11) is 0. The van der Waals surface area contributed by atoms with E-state index in [4.69, 9.17) is 27.9 Å². The fraction of sp³-hybridized carbons (Fsp3) is 0.440. The maximum absolute atomic E-state index is 13.2. The molecule has 1 amide bonds. The number of rotatable bonds is 13. The molecule has 1 N–H and O–H groups in total. The van der Waals surface area contributed by atoms with Crippen molar-refractivity contribution in [1.82, 2.24) is 5.32 Å². The second-order valence-electron chi connectivity index (χ2n) is 7.78. The van der Waals surface area contributed by atoms with Crippen molar-refractivity contribution in [2.24, 2.45) is 5.92 Å². The van der Waals surface area contributed by atoms with Crippen LogP contribution in [0.4, 0.5) is 10.1 Å². The summed E-state index contributed by atoms with van der Waals surface area (Å²) in [5.41, 5.74) is 2.76. The Hall–Kier alpha value is -2.31. The lowest BCUT2D eigenvalue weighted by atomic mass is 9.98. The molecule has 8 heteroatoms. The number of nitrogens with zero attached hydrogens (tertiary/aromatic N) is 1. The molecule has 2 rings (SSSR count). The third-order valence-electron chi connectivity index (χ3n) is 5.24. The SMILES string of the molecule is CCOC(=O)[C@H](Cc1ccc(F)cc1)NC(=O)[C@@H](C)Cc1ccc(N(CCCl)CCCl)cc1. The minimum Gasteiger partial charge on any atom is -0.464 e. The van der Waals surface area contributed by atoms with Crippen LogP contribution in [0.2, 0.25) is 0 Å². The van der Waals surface area contributed by atoms with Crippen LogP contribution < -0.4 is 10.2 Å². The van der Waals surface area contributed by atoms with Gasteiger partial charge in [0.25, 0.3) is 0 Å². The van der Waals surface area contributed by atoms with Crippen molar-refractivity contribution in [2.45, 2.75) is 32.7 Å². The van der Waals surface area contributed by atoms with Gasteiger partial charge in [-0.1, -0.05) is 31.2 Å². The summed E-state index contributed by atoms with van der Waals surface area (Å²) in [6, 6.07) is 13.0. The molecule has 33 heavy (non-hydrogen) atoms. The second kappa shape index (κ2) is 14.1. The van der Waals surface area contributed by atoms with Gasteiger partial charge in [0.1, 0.15) is 11.9 Å². The topological polar surface area (TPSA) is 58.6 Å². The Bertz CT molecular complexity index is 872. The maximum atomic E-state index is 13.2. The quantitative estimate of drug-likeness (QED) is 0.325. The number of anilines is 1. The third kappa shape index (κ3) is 8.86. The number of ether oxygens (including phenoxy) is 1. The summed E-state index contributed by atoms with van der Waals surface area (Å²) >= 11 is 11.8. The molecule has 0 unspecified atom stereocenters. The molecule has 2 atom stereocenters. The fourth-order valence-corrected chi connectivity index (χ4v) is 3.88. The Balaban J connectivity index is 2.02. The third-order valence-corrected chi connectivity index (χ3v) is 5.58. The lowest BCUT2D eigenvalue weighted by Gasteiger charge is -2.23. The zero-order chi connectivity index (χ0) is 24.2. The Morgan fingerprint density at radius 1 is 0.970 bits per heavy atom. The number of halogens is 3. The molecule has 5 nitrogen and oxygen atoms in total. The van der Waals surface area contributed by atoms with Crippen LogP contribution in [0.5, 0.6) is 0 Å². The van der Waals surface area contributed by atoms with E-state index in [-0.39, 0.29) is 30.7 Å². The molecule has 0 aromatic heterocycles. The van der Waals surface area contributed by atoms with Crippen LogP contribution in [0.25, 0.3) is 0 Å². The summed E-state index contributed by atoms with van der Waals surface area (Å²) in [5, 5.41) is 2.80. The molecule has 0 aliphatic heterocycles. The number of esters is 1. The molecule has 0 bridgehead atoms. The van der Waals surface area contributed by atoms with E-state index in [0.29, 0.717) is 31.3 Å². The number of amides is 1. The Labute approximate surface area is 205 Å². The summed E-state index contributed by atoms with van der Waals surface area (Å²) < 4.78 is 18.3. The van der Waals surface area contributed by atoms with Crippen LogP contribution in [0.3, 0.4) is 0 Å². The summed E-state index contributed by atoms with van der Waals surface area (Å²) in [5.74, 6) is -0.452. The van der Waals surface area contributed by atoms with Crippen molar-refractivity contribution in [3.05, 3.63) is 65.5 Å². The molecule has 180 valence electrons. The first-order valence-corrected chi connectivity index (χ1v) is 12.1. The van der Waals surface area contributed by atoms with Gasteiger partial charge in [0, 0.05) is 42.9 Å². The van der Waals surface area contributed by atoms with Gasteiger partial charge in [0.2, 0.25) is 5.91 Å². The van der Waals surface area contributed by atoms with Crippen LogP contribution in [0.1, 0.15) is 25.0 Å². The molecule has 0 heterocycles. The number of carbonyl (C=O) groups is 2. The van der Waals surface area contributed by atoms with Crippen molar-refractivity contribution < 1.29 is 18.7 Å². The normalized spacial score (nSPS) is 12.6. The lowest BCUT2D eigenvalue weighted by molar-refractivity contribution is -0.147. The van der Waals surface area contributed by atoms with Crippen molar-refractivity contribution in [2.75, 3.05) is 36.4 Å². The number of carbonyl (C=O) groups excluding carboxylic acids is 2. The molecule has 2 aromatic carbocycles. The van der Waals surface area contributed by atoms with Crippen molar-refractivity contribution in [3.8, 4) is 0 Å². The Kier molecular flexibility index (Phi) is 11.5. The average molecular weight is 497 g/mol. The number of hydrogen-bond donors (Lipinski definition) is 1. The van der Waals surface area contributed by atoms with Crippen molar-refractivity contribution >= 4 is 40.8 Å². The molecular weight excluding hydrogens is 466 g/mol. The Morgan fingerprint density at radius 2 is 1.52 bits per heavy atom. The van der Waals surface area contributed by atoms with E-state index in [0.717, 1.165) is 16.8 Å². The van der Waals surface area contributed by atoms with Crippen molar-refractivity contribution in [3.63, 3.8) is 0 Å². The fourth-order valence-electron chi connectivity index (χ4n) is 3.47. The van der Waals surface area contributed by atoms with Gasteiger partial charge in [0.15, 0.2) is 0 Å². The molecule has 0 saturated carbocycles. The summed E-state index contributed by atoms with van der Waals surface area (Å²) in [6.45, 7) is 5.14. The maximum Gasteiger partial charge on any atom is 0.328 e. The second-order valence-corrected chi connectivity index (χ2v) is 8.54. The zero-order valence-electron chi connectivity index (χ0n) is 19.0. The summed E-state index contributed by atoms with van der Waals surface area (Å²) in [6.07, 6.45) is 0.743. The first-order chi connectivity index (χ1) is 15.9. The van der Waals surface area contributed by atoms with E-state index in [1.54, 1.807) is 19.1 Å². The largest absolute Gasteiger partial charge is 0.464 e. The van der Waals surface area contributed by atoms with Gasteiger partial charge in [-0.25, -0.2) is 9.18 Å². The molecule has 2 aromatic rings. The number of alkyl halides is 2. The van der Waals surface area contributed by atoms with E-state index in [1.165, 1.54) is 12.1 Å².